The largest absolute Gasteiger partial charge is 0.381 e. The van der Waals surface area contributed by atoms with Crippen molar-refractivity contribution in [2.45, 2.75) is 39.0 Å². The van der Waals surface area contributed by atoms with E-state index in [2.05, 4.69) is 63.5 Å². The quantitative estimate of drug-likeness (QED) is 0.377. The Hall–Kier alpha value is -0.863. The summed E-state index contributed by atoms with van der Waals surface area (Å²) < 4.78 is 5.88. The second kappa shape index (κ2) is 7.66. The summed E-state index contributed by atoms with van der Waals surface area (Å²) in [6, 6.07) is 11.8. The topological polar surface area (TPSA) is 9.23 Å². The molecule has 0 saturated heterocycles. The molecule has 0 amide bonds. The molecule has 0 aliphatic rings. The van der Waals surface area contributed by atoms with Gasteiger partial charge in [0.25, 0.3) is 0 Å². The summed E-state index contributed by atoms with van der Waals surface area (Å²) in [7, 11) is -0.978. The molecule has 1 unspecified atom stereocenters. The highest BCUT2D eigenvalue weighted by molar-refractivity contribution is 6.76. The van der Waals surface area contributed by atoms with E-state index in [1.54, 1.807) is 0 Å². The predicted molar refractivity (Wildman–Crippen MR) is 87.4 cm³/mol. The van der Waals surface area contributed by atoms with Crippen molar-refractivity contribution in [2.75, 3.05) is 13.2 Å². The van der Waals surface area contributed by atoms with Gasteiger partial charge in [-0.25, -0.2) is 0 Å². The summed E-state index contributed by atoms with van der Waals surface area (Å²) in [6.07, 6.45) is 1.03. The molecule has 19 heavy (non-hydrogen) atoms. The zero-order valence-electron chi connectivity index (χ0n) is 12.9. The predicted octanol–water partition coefficient (Wildman–Crippen LogP) is 4.78. The monoisotopic (exact) mass is 276 g/mol. The van der Waals surface area contributed by atoms with E-state index >= 15 is 0 Å². The van der Waals surface area contributed by atoms with E-state index in [0.29, 0.717) is 5.92 Å². The van der Waals surface area contributed by atoms with Crippen LogP contribution in [0.4, 0.5) is 0 Å². The first-order valence-corrected chi connectivity index (χ1v) is 10.9. The minimum Gasteiger partial charge on any atom is -0.381 e. The van der Waals surface area contributed by atoms with E-state index in [-0.39, 0.29) is 0 Å². The van der Waals surface area contributed by atoms with E-state index < -0.39 is 8.07 Å². The van der Waals surface area contributed by atoms with E-state index in [9.17, 15) is 0 Å². The van der Waals surface area contributed by atoms with Crippen molar-refractivity contribution < 1.29 is 4.74 Å². The van der Waals surface area contributed by atoms with Crippen molar-refractivity contribution >= 4 is 8.07 Å². The summed E-state index contributed by atoms with van der Waals surface area (Å²) in [5.41, 5.74) is 2.58. The highest BCUT2D eigenvalue weighted by atomic mass is 28.3. The Balaban J connectivity index is 2.40. The van der Waals surface area contributed by atoms with Gasteiger partial charge in [0.2, 0.25) is 0 Å². The standard InChI is InChI=1S/C17H28OSi/c1-15(2)17(13-16-9-7-6-8-10-16)14-18-11-12-19(3,4)5/h6-10,17H,1,11-14H2,2-5H3. The van der Waals surface area contributed by atoms with Crippen LogP contribution in [0.25, 0.3) is 0 Å². The molecule has 1 nitrogen and oxygen atoms in total. The molecule has 0 radical (unpaired) electrons. The molecule has 0 aliphatic heterocycles. The molecule has 0 N–H and O–H groups in total. The summed E-state index contributed by atoms with van der Waals surface area (Å²) in [6.45, 7) is 15.1. The normalized spacial score (nSPS) is 13.3. The van der Waals surface area contributed by atoms with Gasteiger partial charge in [-0.05, 0) is 25.0 Å². The van der Waals surface area contributed by atoms with Gasteiger partial charge in [0.1, 0.15) is 0 Å². The Morgan fingerprint density at radius 3 is 2.37 bits per heavy atom. The Kier molecular flexibility index (Phi) is 6.53. The maximum Gasteiger partial charge on any atom is 0.0534 e. The molecule has 0 saturated carbocycles. The van der Waals surface area contributed by atoms with Crippen LogP contribution in [0, 0.1) is 5.92 Å². The van der Waals surface area contributed by atoms with Crippen molar-refractivity contribution in [3.8, 4) is 0 Å². The first kappa shape index (κ1) is 16.2. The minimum atomic E-state index is -0.978. The maximum atomic E-state index is 5.88. The smallest absolute Gasteiger partial charge is 0.0534 e. The van der Waals surface area contributed by atoms with Crippen LogP contribution in [0.2, 0.25) is 25.7 Å². The zero-order valence-corrected chi connectivity index (χ0v) is 13.9. The summed E-state index contributed by atoms with van der Waals surface area (Å²) in [5, 5.41) is 0. The third-order valence-electron chi connectivity index (χ3n) is 3.34. The van der Waals surface area contributed by atoms with Crippen LogP contribution in [0.5, 0.6) is 0 Å². The van der Waals surface area contributed by atoms with Crippen LogP contribution in [0.1, 0.15) is 12.5 Å². The first-order chi connectivity index (χ1) is 8.88. The molecule has 0 bridgehead atoms. The molecule has 106 valence electrons. The lowest BCUT2D eigenvalue weighted by molar-refractivity contribution is 0.120. The molecule has 0 heterocycles. The molecule has 0 spiro atoms. The fourth-order valence-electron chi connectivity index (χ4n) is 1.88. The zero-order chi connectivity index (χ0) is 14.3. The first-order valence-electron chi connectivity index (χ1n) is 7.15. The summed E-state index contributed by atoms with van der Waals surface area (Å²) in [5.74, 6) is 0.434. The number of benzene rings is 1. The van der Waals surface area contributed by atoms with Crippen LogP contribution >= 0.6 is 0 Å². The third kappa shape index (κ3) is 7.33. The number of hydrogen-bond donors (Lipinski definition) is 0. The van der Waals surface area contributed by atoms with Gasteiger partial charge in [-0.3, -0.25) is 0 Å². The highest BCUT2D eigenvalue weighted by Crippen LogP contribution is 2.17. The lowest BCUT2D eigenvalue weighted by Crippen LogP contribution is -2.23. The van der Waals surface area contributed by atoms with Gasteiger partial charge in [0, 0.05) is 20.6 Å². The number of rotatable bonds is 8. The van der Waals surface area contributed by atoms with Crippen molar-refractivity contribution in [2.24, 2.45) is 5.92 Å². The van der Waals surface area contributed by atoms with Gasteiger partial charge in [-0.2, -0.15) is 0 Å². The van der Waals surface area contributed by atoms with Crippen molar-refractivity contribution in [3.63, 3.8) is 0 Å². The molecule has 1 aromatic rings. The van der Waals surface area contributed by atoms with Crippen molar-refractivity contribution in [1.29, 1.82) is 0 Å². The Bertz CT molecular complexity index is 378. The lowest BCUT2D eigenvalue weighted by atomic mass is 9.94. The number of ether oxygens (including phenoxy) is 1. The van der Waals surface area contributed by atoms with Gasteiger partial charge in [-0.1, -0.05) is 62.1 Å². The third-order valence-corrected chi connectivity index (χ3v) is 5.04. The SMILES string of the molecule is C=C(C)C(COCC[Si](C)(C)C)Cc1ccccc1. The van der Waals surface area contributed by atoms with E-state index in [4.69, 9.17) is 4.74 Å². The molecular formula is C17H28OSi. The van der Waals surface area contributed by atoms with Crippen molar-refractivity contribution in [1.82, 2.24) is 0 Å². The molecule has 0 fully saturated rings. The maximum absolute atomic E-state index is 5.88. The highest BCUT2D eigenvalue weighted by Gasteiger charge is 2.14. The molecule has 1 rings (SSSR count). The second-order valence-corrected chi connectivity index (χ2v) is 12.2. The average molecular weight is 276 g/mol. The van der Waals surface area contributed by atoms with Crippen LogP contribution in [0.15, 0.2) is 42.5 Å². The van der Waals surface area contributed by atoms with E-state index in [1.807, 2.05) is 0 Å². The van der Waals surface area contributed by atoms with Crippen LogP contribution in [0.3, 0.4) is 0 Å². The van der Waals surface area contributed by atoms with E-state index in [1.165, 1.54) is 17.2 Å². The molecule has 1 aromatic carbocycles. The summed E-state index contributed by atoms with van der Waals surface area (Å²) >= 11 is 0. The van der Waals surface area contributed by atoms with Gasteiger partial charge in [0.15, 0.2) is 0 Å². The van der Waals surface area contributed by atoms with Gasteiger partial charge < -0.3 is 4.74 Å². The average Bonchev–Trinajstić information content (AvgIpc) is 2.33. The Morgan fingerprint density at radius 2 is 1.84 bits per heavy atom. The van der Waals surface area contributed by atoms with Crippen LogP contribution in [-0.2, 0) is 11.2 Å². The Morgan fingerprint density at radius 1 is 1.21 bits per heavy atom. The molecule has 1 atom stereocenters. The molecular weight excluding hydrogens is 248 g/mol. The molecule has 0 aliphatic carbocycles. The second-order valence-electron chi connectivity index (χ2n) is 6.62. The van der Waals surface area contributed by atoms with Crippen LogP contribution in [-0.4, -0.2) is 21.3 Å². The Labute approximate surface area is 119 Å². The fourth-order valence-corrected chi connectivity index (χ4v) is 2.63. The summed E-state index contributed by atoms with van der Waals surface area (Å²) in [4.78, 5) is 0. The van der Waals surface area contributed by atoms with Gasteiger partial charge in [0.05, 0.1) is 6.61 Å². The lowest BCUT2D eigenvalue weighted by Gasteiger charge is -2.20. The fraction of sp³-hybridized carbons (Fsp3) is 0.529. The number of hydrogen-bond acceptors (Lipinski definition) is 1. The van der Waals surface area contributed by atoms with E-state index in [0.717, 1.165) is 19.6 Å². The minimum absolute atomic E-state index is 0.434. The van der Waals surface area contributed by atoms with Crippen LogP contribution < -0.4 is 0 Å². The van der Waals surface area contributed by atoms with Crippen molar-refractivity contribution in [3.05, 3.63) is 48.0 Å². The molecule has 0 aromatic heterocycles. The van der Waals surface area contributed by atoms with Gasteiger partial charge in [-0.15, -0.1) is 0 Å². The van der Waals surface area contributed by atoms with Gasteiger partial charge >= 0.3 is 0 Å². The molecule has 2 heteroatoms.